The lowest BCUT2D eigenvalue weighted by atomic mass is 9.85. The van der Waals surface area contributed by atoms with Gasteiger partial charge in [0.2, 0.25) is 11.8 Å². The minimum absolute atomic E-state index is 0.0370. The second kappa shape index (κ2) is 10.6. The van der Waals surface area contributed by atoms with Gasteiger partial charge in [-0.05, 0) is 54.5 Å². The van der Waals surface area contributed by atoms with Crippen LogP contribution >= 0.6 is 0 Å². The van der Waals surface area contributed by atoms with Crippen molar-refractivity contribution in [3.63, 3.8) is 0 Å². The summed E-state index contributed by atoms with van der Waals surface area (Å²) in [6.45, 7) is 0.353. The molecule has 2 amide bonds. The van der Waals surface area contributed by atoms with E-state index < -0.39 is 16.1 Å². The Morgan fingerprint density at radius 3 is 2.38 bits per heavy atom. The van der Waals surface area contributed by atoms with Gasteiger partial charge < -0.3 is 14.2 Å². The Morgan fingerprint density at radius 1 is 1.00 bits per heavy atom. The number of hydrogen-bond acceptors (Lipinski definition) is 7. The largest absolute Gasteiger partial charge is 0.490 e. The van der Waals surface area contributed by atoms with Crippen LogP contribution < -0.4 is 9.47 Å². The highest BCUT2D eigenvalue weighted by atomic mass is 32.2. The molecule has 2 aliphatic heterocycles. The smallest absolute Gasteiger partial charge is 0.250 e. The summed E-state index contributed by atoms with van der Waals surface area (Å²) in [7, 11) is -2.55. The number of imide groups is 1. The second-order valence-corrected chi connectivity index (χ2v) is 12.6. The van der Waals surface area contributed by atoms with Crippen molar-refractivity contribution < 1.29 is 36.6 Å². The molecule has 4 aliphatic rings. The summed E-state index contributed by atoms with van der Waals surface area (Å²) in [5, 5.41) is 0. The standard InChI is InChI=1S/C29H31FN2O7S/c1-37-17-22-16-31(12-11-18-5-9-21(30)10-6-18)40(35,36)27-23(3-2-4-24(27)39-22)38-14-13-32-28(33)25-19-7-8-20(15-19)26(25)29(32)34/h2-10,19-20,22,25-26H,11-17H2,1H3. The van der Waals surface area contributed by atoms with Crippen molar-refractivity contribution in [2.45, 2.75) is 23.8 Å². The number of carbonyl (C=O) groups is 2. The van der Waals surface area contributed by atoms with E-state index in [1.165, 1.54) is 28.4 Å². The topological polar surface area (TPSA) is 102 Å². The van der Waals surface area contributed by atoms with Crippen molar-refractivity contribution in [2.75, 3.05) is 40.0 Å². The summed E-state index contributed by atoms with van der Waals surface area (Å²) >= 11 is 0. The lowest BCUT2D eigenvalue weighted by Crippen LogP contribution is -2.40. The summed E-state index contributed by atoms with van der Waals surface area (Å²) in [5.41, 5.74) is 0.795. The fourth-order valence-corrected chi connectivity index (χ4v) is 8.15. The summed E-state index contributed by atoms with van der Waals surface area (Å²) in [6.07, 6.45) is 4.75. The maximum absolute atomic E-state index is 13.9. The zero-order valence-electron chi connectivity index (χ0n) is 22.1. The Balaban J connectivity index is 1.20. The molecule has 2 aliphatic carbocycles. The molecule has 0 aromatic heterocycles. The average Bonchev–Trinajstić information content (AvgIpc) is 3.60. The van der Waals surface area contributed by atoms with E-state index in [1.807, 2.05) is 12.2 Å². The van der Waals surface area contributed by atoms with Crippen LogP contribution in [-0.2, 0) is 30.8 Å². The van der Waals surface area contributed by atoms with E-state index in [-0.39, 0.29) is 90.5 Å². The number of benzene rings is 2. The number of hydrogen-bond donors (Lipinski definition) is 0. The molecule has 212 valence electrons. The number of nitrogens with zero attached hydrogens (tertiary/aromatic N) is 2. The fraction of sp³-hybridized carbons (Fsp3) is 0.448. The first-order valence-electron chi connectivity index (χ1n) is 13.5. The number of fused-ring (bicyclic) bond motifs is 6. The van der Waals surface area contributed by atoms with Crippen LogP contribution in [0.1, 0.15) is 12.0 Å². The molecule has 0 radical (unpaired) electrons. The lowest BCUT2D eigenvalue weighted by Gasteiger charge is -2.23. The van der Waals surface area contributed by atoms with E-state index in [4.69, 9.17) is 14.2 Å². The van der Waals surface area contributed by atoms with Gasteiger partial charge in [0.15, 0.2) is 4.90 Å². The third-order valence-corrected chi connectivity index (χ3v) is 10.2. The van der Waals surface area contributed by atoms with E-state index in [1.54, 1.807) is 30.3 Å². The van der Waals surface area contributed by atoms with Crippen LogP contribution in [0.5, 0.6) is 11.5 Å². The summed E-state index contributed by atoms with van der Waals surface area (Å²) in [6, 6.07) is 10.7. The van der Waals surface area contributed by atoms with Gasteiger partial charge in [-0.2, -0.15) is 4.31 Å². The normalized spacial score (nSPS) is 28.4. The van der Waals surface area contributed by atoms with Crippen molar-refractivity contribution in [2.24, 2.45) is 23.7 Å². The highest BCUT2D eigenvalue weighted by molar-refractivity contribution is 7.89. The van der Waals surface area contributed by atoms with E-state index in [9.17, 15) is 22.4 Å². The van der Waals surface area contributed by atoms with E-state index in [2.05, 4.69) is 0 Å². The Bertz CT molecular complexity index is 1410. The van der Waals surface area contributed by atoms with Crippen LogP contribution in [0.2, 0.25) is 0 Å². The molecule has 1 saturated carbocycles. The van der Waals surface area contributed by atoms with Gasteiger partial charge in [-0.15, -0.1) is 0 Å². The number of rotatable bonds is 9. The molecule has 0 N–H and O–H groups in total. The Morgan fingerprint density at radius 2 is 1.70 bits per heavy atom. The molecule has 5 unspecified atom stereocenters. The van der Waals surface area contributed by atoms with Gasteiger partial charge in [0.25, 0.3) is 10.0 Å². The van der Waals surface area contributed by atoms with Crippen LogP contribution in [0.3, 0.4) is 0 Å². The minimum atomic E-state index is -4.07. The van der Waals surface area contributed by atoms with Gasteiger partial charge in [0.1, 0.15) is 30.0 Å². The fourth-order valence-electron chi connectivity index (χ4n) is 6.45. The minimum Gasteiger partial charge on any atom is -0.490 e. The maximum Gasteiger partial charge on any atom is 0.250 e. The van der Waals surface area contributed by atoms with Crippen LogP contribution in [-0.4, -0.2) is 75.5 Å². The first kappa shape index (κ1) is 26.9. The van der Waals surface area contributed by atoms with Crippen molar-refractivity contribution in [3.8, 4) is 11.5 Å². The molecule has 9 nitrogen and oxygen atoms in total. The van der Waals surface area contributed by atoms with Gasteiger partial charge >= 0.3 is 0 Å². The van der Waals surface area contributed by atoms with Crippen molar-refractivity contribution in [1.82, 2.24) is 9.21 Å². The molecule has 1 saturated heterocycles. The Labute approximate surface area is 232 Å². The number of amides is 2. The maximum atomic E-state index is 13.9. The number of likely N-dealkylation sites (tertiary alicyclic amines) is 1. The third kappa shape index (κ3) is 4.69. The van der Waals surface area contributed by atoms with Gasteiger partial charge in [-0.1, -0.05) is 30.4 Å². The zero-order chi connectivity index (χ0) is 28.0. The molecule has 40 heavy (non-hydrogen) atoms. The van der Waals surface area contributed by atoms with E-state index >= 15 is 0 Å². The van der Waals surface area contributed by atoms with Crippen molar-refractivity contribution in [1.29, 1.82) is 0 Å². The molecule has 2 aromatic carbocycles. The quantitative estimate of drug-likeness (QED) is 0.337. The Kier molecular flexibility index (Phi) is 7.14. The first-order chi connectivity index (χ1) is 19.3. The Hall–Kier alpha value is -3.28. The number of allylic oxidation sites excluding steroid dienone is 2. The molecule has 11 heteroatoms. The molecule has 2 fully saturated rings. The summed E-state index contributed by atoms with van der Waals surface area (Å²) < 4.78 is 59.9. The van der Waals surface area contributed by atoms with Gasteiger partial charge in [0, 0.05) is 13.7 Å². The molecular weight excluding hydrogens is 539 g/mol. The predicted octanol–water partition coefficient (Wildman–Crippen LogP) is 2.65. The number of ether oxygens (including phenoxy) is 3. The average molecular weight is 571 g/mol. The van der Waals surface area contributed by atoms with Crippen LogP contribution in [0.15, 0.2) is 59.5 Å². The lowest BCUT2D eigenvalue weighted by molar-refractivity contribution is -0.141. The van der Waals surface area contributed by atoms with Crippen LogP contribution in [0, 0.1) is 29.5 Å². The highest BCUT2D eigenvalue weighted by Crippen LogP contribution is 2.52. The highest BCUT2D eigenvalue weighted by Gasteiger charge is 2.59. The first-order valence-corrected chi connectivity index (χ1v) is 14.9. The molecular formula is C29H31FN2O7S. The van der Waals surface area contributed by atoms with Gasteiger partial charge in [-0.25, -0.2) is 12.8 Å². The predicted molar refractivity (Wildman–Crippen MR) is 142 cm³/mol. The van der Waals surface area contributed by atoms with Crippen LogP contribution in [0.4, 0.5) is 4.39 Å². The molecule has 2 aromatic rings. The molecule has 2 bridgehead atoms. The zero-order valence-corrected chi connectivity index (χ0v) is 22.9. The molecule has 0 spiro atoms. The molecule has 5 atom stereocenters. The second-order valence-electron chi connectivity index (χ2n) is 10.7. The molecule has 6 rings (SSSR count). The van der Waals surface area contributed by atoms with Crippen molar-refractivity contribution >= 4 is 21.8 Å². The number of halogens is 1. The number of sulfonamides is 1. The van der Waals surface area contributed by atoms with E-state index in [0.717, 1.165) is 12.0 Å². The molecule has 2 heterocycles. The van der Waals surface area contributed by atoms with Crippen molar-refractivity contribution in [3.05, 3.63) is 66.0 Å². The van der Waals surface area contributed by atoms with Gasteiger partial charge in [0.05, 0.1) is 31.5 Å². The van der Waals surface area contributed by atoms with E-state index in [0.29, 0.717) is 6.42 Å². The summed E-state index contributed by atoms with van der Waals surface area (Å²) in [5.74, 6) is -0.831. The monoisotopic (exact) mass is 570 g/mol. The summed E-state index contributed by atoms with van der Waals surface area (Å²) in [4.78, 5) is 27.2. The third-order valence-electron chi connectivity index (χ3n) is 8.29. The van der Waals surface area contributed by atoms with Crippen LogP contribution in [0.25, 0.3) is 0 Å². The number of carbonyl (C=O) groups excluding carboxylic acids is 2. The SMILES string of the molecule is COCC1CN(CCc2ccc(F)cc2)S(=O)(=O)c2c(OCCN3C(=O)C4C5C=CC(C5)C4C3=O)cccc2O1. The van der Waals surface area contributed by atoms with Gasteiger partial charge in [-0.3, -0.25) is 14.5 Å². The number of methoxy groups -OCH3 is 1.